The van der Waals surface area contributed by atoms with Gasteiger partial charge in [-0.15, -0.1) is 0 Å². The Morgan fingerprint density at radius 2 is 1.57 bits per heavy atom. The van der Waals surface area contributed by atoms with Crippen LogP contribution in [-0.4, -0.2) is 34.4 Å². The first-order chi connectivity index (χ1) is 6.27. The standard InChI is InChI=1S/C8H19O5P/c1-5-12-7(13-6-2)8(3,4)14(9,10)11/h7H,5-6H2,1-4H3,(H2,9,10,11). The zero-order chi connectivity index (χ0) is 11.4. The van der Waals surface area contributed by atoms with E-state index in [1.54, 1.807) is 13.8 Å². The average molecular weight is 226 g/mol. The van der Waals surface area contributed by atoms with E-state index in [0.29, 0.717) is 13.2 Å². The van der Waals surface area contributed by atoms with E-state index in [0.717, 1.165) is 0 Å². The van der Waals surface area contributed by atoms with Gasteiger partial charge in [-0.2, -0.15) is 0 Å². The molecule has 0 aliphatic heterocycles. The van der Waals surface area contributed by atoms with Crippen molar-refractivity contribution in [3.05, 3.63) is 0 Å². The minimum absolute atomic E-state index is 0.355. The highest BCUT2D eigenvalue weighted by Crippen LogP contribution is 2.52. The first kappa shape index (κ1) is 14.1. The third-order valence-corrected chi connectivity index (χ3v) is 3.68. The summed E-state index contributed by atoms with van der Waals surface area (Å²) in [4.78, 5) is 18.2. The lowest BCUT2D eigenvalue weighted by Crippen LogP contribution is -2.40. The third kappa shape index (κ3) is 3.33. The maximum Gasteiger partial charge on any atom is 0.336 e. The zero-order valence-corrected chi connectivity index (χ0v) is 9.95. The van der Waals surface area contributed by atoms with Gasteiger partial charge >= 0.3 is 7.60 Å². The topological polar surface area (TPSA) is 76.0 Å². The van der Waals surface area contributed by atoms with Crippen LogP contribution in [0.4, 0.5) is 0 Å². The summed E-state index contributed by atoms with van der Waals surface area (Å²) in [7, 11) is -4.23. The maximum absolute atomic E-state index is 11.2. The van der Waals surface area contributed by atoms with Crippen LogP contribution >= 0.6 is 7.60 Å². The van der Waals surface area contributed by atoms with E-state index in [1.807, 2.05) is 0 Å². The van der Waals surface area contributed by atoms with Gasteiger partial charge in [0.15, 0.2) is 6.29 Å². The fourth-order valence-electron chi connectivity index (χ4n) is 0.896. The van der Waals surface area contributed by atoms with E-state index in [-0.39, 0.29) is 0 Å². The van der Waals surface area contributed by atoms with Gasteiger partial charge in [-0.1, -0.05) is 0 Å². The van der Waals surface area contributed by atoms with Crippen molar-refractivity contribution in [2.24, 2.45) is 0 Å². The van der Waals surface area contributed by atoms with Crippen LogP contribution in [0, 0.1) is 0 Å². The third-order valence-electron chi connectivity index (χ3n) is 1.96. The van der Waals surface area contributed by atoms with Crippen LogP contribution < -0.4 is 0 Å². The average Bonchev–Trinajstić information content (AvgIpc) is 2.02. The van der Waals surface area contributed by atoms with Crippen LogP contribution in [0.3, 0.4) is 0 Å². The van der Waals surface area contributed by atoms with Gasteiger partial charge in [0, 0.05) is 13.2 Å². The van der Waals surface area contributed by atoms with E-state index in [9.17, 15) is 4.57 Å². The van der Waals surface area contributed by atoms with Gasteiger partial charge in [0.05, 0.1) is 0 Å². The highest BCUT2D eigenvalue weighted by molar-refractivity contribution is 7.53. The van der Waals surface area contributed by atoms with Crippen LogP contribution in [-0.2, 0) is 14.0 Å². The Balaban J connectivity index is 4.70. The Kier molecular flexibility index (Phi) is 5.26. The van der Waals surface area contributed by atoms with E-state index in [2.05, 4.69) is 0 Å². The molecule has 5 nitrogen and oxygen atoms in total. The molecule has 0 aromatic heterocycles. The number of hydrogen-bond donors (Lipinski definition) is 2. The van der Waals surface area contributed by atoms with Crippen LogP contribution in [0.5, 0.6) is 0 Å². The van der Waals surface area contributed by atoms with E-state index < -0.39 is 19.0 Å². The lowest BCUT2D eigenvalue weighted by atomic mass is 10.2. The molecule has 14 heavy (non-hydrogen) atoms. The summed E-state index contributed by atoms with van der Waals surface area (Å²) in [5.74, 6) is 0. The normalized spacial score (nSPS) is 13.6. The Bertz CT molecular complexity index is 204. The summed E-state index contributed by atoms with van der Waals surface area (Å²) in [5.41, 5.74) is 0. The molecule has 0 saturated heterocycles. The summed E-state index contributed by atoms with van der Waals surface area (Å²) in [6, 6.07) is 0. The first-order valence-corrected chi connectivity index (χ1v) is 6.17. The van der Waals surface area contributed by atoms with Crippen LogP contribution in [0.15, 0.2) is 0 Å². The molecular formula is C8H19O5P. The largest absolute Gasteiger partial charge is 0.352 e. The molecule has 0 aliphatic rings. The van der Waals surface area contributed by atoms with Gasteiger partial charge in [-0.3, -0.25) is 4.57 Å². The molecule has 0 atom stereocenters. The molecule has 0 aromatic carbocycles. The van der Waals surface area contributed by atoms with Crippen LogP contribution in [0.1, 0.15) is 27.7 Å². The molecule has 0 unspecified atom stereocenters. The predicted molar refractivity (Wildman–Crippen MR) is 53.2 cm³/mol. The lowest BCUT2D eigenvalue weighted by molar-refractivity contribution is -0.155. The van der Waals surface area contributed by atoms with E-state index >= 15 is 0 Å². The summed E-state index contributed by atoms with van der Waals surface area (Å²) in [6.45, 7) is 7.08. The number of hydrogen-bond acceptors (Lipinski definition) is 3. The number of rotatable bonds is 6. The summed E-state index contributed by atoms with van der Waals surface area (Å²) in [5, 5.41) is -1.32. The second-order valence-electron chi connectivity index (χ2n) is 3.44. The first-order valence-electron chi connectivity index (χ1n) is 4.56. The molecule has 86 valence electrons. The SMILES string of the molecule is CCOC(OCC)C(C)(C)P(=O)(O)O. The van der Waals surface area contributed by atoms with Crippen molar-refractivity contribution < 1.29 is 23.8 Å². The predicted octanol–water partition coefficient (Wildman–Crippen LogP) is 1.34. The highest BCUT2D eigenvalue weighted by atomic mass is 31.2. The molecule has 0 saturated carbocycles. The molecule has 0 spiro atoms. The van der Waals surface area contributed by atoms with E-state index in [4.69, 9.17) is 19.3 Å². The molecular weight excluding hydrogens is 207 g/mol. The summed E-state index contributed by atoms with van der Waals surface area (Å²) in [6.07, 6.45) is -0.877. The van der Waals surface area contributed by atoms with Crippen molar-refractivity contribution in [2.45, 2.75) is 39.1 Å². The van der Waals surface area contributed by atoms with Crippen molar-refractivity contribution in [1.29, 1.82) is 0 Å². The van der Waals surface area contributed by atoms with Crippen molar-refractivity contribution in [3.8, 4) is 0 Å². The summed E-state index contributed by atoms with van der Waals surface area (Å²) < 4.78 is 21.5. The summed E-state index contributed by atoms with van der Waals surface area (Å²) >= 11 is 0. The van der Waals surface area contributed by atoms with Crippen LogP contribution in [0.25, 0.3) is 0 Å². The molecule has 0 amide bonds. The molecule has 0 rings (SSSR count). The fourth-order valence-corrected chi connectivity index (χ4v) is 1.32. The van der Waals surface area contributed by atoms with Gasteiger partial charge in [0.2, 0.25) is 0 Å². The van der Waals surface area contributed by atoms with Gasteiger partial charge in [0.1, 0.15) is 5.16 Å². The molecule has 0 bridgehead atoms. The second-order valence-corrected chi connectivity index (χ2v) is 5.68. The van der Waals surface area contributed by atoms with Crippen molar-refractivity contribution in [1.82, 2.24) is 0 Å². The molecule has 0 heterocycles. The highest BCUT2D eigenvalue weighted by Gasteiger charge is 2.46. The lowest BCUT2D eigenvalue weighted by Gasteiger charge is -2.33. The van der Waals surface area contributed by atoms with Crippen molar-refractivity contribution in [2.75, 3.05) is 13.2 Å². The van der Waals surface area contributed by atoms with Gasteiger partial charge in [-0.05, 0) is 27.7 Å². The Morgan fingerprint density at radius 1 is 1.21 bits per heavy atom. The maximum atomic E-state index is 11.2. The molecule has 0 aromatic rings. The molecule has 0 radical (unpaired) electrons. The molecule has 2 N–H and O–H groups in total. The van der Waals surface area contributed by atoms with Crippen molar-refractivity contribution >= 4 is 7.60 Å². The zero-order valence-electron chi connectivity index (χ0n) is 9.06. The molecule has 0 aliphatic carbocycles. The fraction of sp³-hybridized carbons (Fsp3) is 1.00. The minimum Gasteiger partial charge on any atom is -0.352 e. The Hall–Kier alpha value is 0.0700. The molecule has 6 heteroatoms. The number of ether oxygens (including phenoxy) is 2. The molecule has 0 fully saturated rings. The Morgan fingerprint density at radius 3 is 1.79 bits per heavy atom. The van der Waals surface area contributed by atoms with E-state index in [1.165, 1.54) is 13.8 Å². The van der Waals surface area contributed by atoms with Gasteiger partial charge in [-0.25, -0.2) is 0 Å². The Labute approximate surface area is 84.6 Å². The minimum atomic E-state index is -4.23. The van der Waals surface area contributed by atoms with Gasteiger partial charge < -0.3 is 19.3 Å². The van der Waals surface area contributed by atoms with Gasteiger partial charge in [0.25, 0.3) is 0 Å². The second kappa shape index (κ2) is 5.24. The van der Waals surface area contributed by atoms with Crippen LogP contribution in [0.2, 0.25) is 0 Å². The van der Waals surface area contributed by atoms with Crippen molar-refractivity contribution in [3.63, 3.8) is 0 Å². The smallest absolute Gasteiger partial charge is 0.336 e. The monoisotopic (exact) mass is 226 g/mol. The quantitative estimate of drug-likeness (QED) is 0.528.